The van der Waals surface area contributed by atoms with E-state index in [-0.39, 0.29) is 48.3 Å². The Balaban J connectivity index is 1.56. The summed E-state index contributed by atoms with van der Waals surface area (Å²) < 4.78 is 45.4. The first kappa shape index (κ1) is 25.1. The number of rotatable bonds is 6. The van der Waals surface area contributed by atoms with E-state index in [1.807, 2.05) is 6.92 Å². The van der Waals surface area contributed by atoms with Crippen LogP contribution in [0.3, 0.4) is 0 Å². The van der Waals surface area contributed by atoms with Crippen LogP contribution in [-0.2, 0) is 14.6 Å². The summed E-state index contributed by atoms with van der Waals surface area (Å²) in [6, 6.07) is 13.6. The fourth-order valence-corrected chi connectivity index (χ4v) is 5.26. The van der Waals surface area contributed by atoms with Gasteiger partial charge in [0.05, 0.1) is 11.2 Å². The van der Waals surface area contributed by atoms with Gasteiger partial charge in [-0.05, 0) is 55.5 Å². The lowest BCUT2D eigenvalue weighted by atomic mass is 10.1. The van der Waals surface area contributed by atoms with Crippen molar-refractivity contribution < 1.29 is 31.6 Å². The number of halogens is 1. The largest absolute Gasteiger partial charge is 0.459 e. The first-order valence-corrected chi connectivity index (χ1v) is 12.7. The van der Waals surface area contributed by atoms with Gasteiger partial charge < -0.3 is 19.5 Å². The number of furan rings is 1. The maximum atomic E-state index is 13.4. The van der Waals surface area contributed by atoms with Crippen LogP contribution in [0.25, 0.3) is 0 Å². The Bertz CT molecular complexity index is 1350. The number of nitrogens with one attached hydrogen (secondary N) is 1. The summed E-state index contributed by atoms with van der Waals surface area (Å²) in [4.78, 5) is 41.3. The highest BCUT2D eigenvalue weighted by atomic mass is 32.2. The number of carbonyl (C=O) groups excluding carboxylic acids is 3. The summed E-state index contributed by atoms with van der Waals surface area (Å²) in [7, 11) is -4.43. The number of carbonyl (C=O) groups is 3. The van der Waals surface area contributed by atoms with Crippen molar-refractivity contribution in [1.29, 1.82) is 0 Å². The lowest BCUT2D eigenvalue weighted by Gasteiger charge is -2.36. The van der Waals surface area contributed by atoms with Gasteiger partial charge in [0.15, 0.2) is 5.76 Å². The number of hydrogen-bond acceptors (Lipinski definition) is 6. The van der Waals surface area contributed by atoms with Crippen LogP contribution in [0, 0.1) is 12.7 Å². The van der Waals surface area contributed by atoms with Crippen LogP contribution in [-0.4, -0.2) is 67.5 Å². The fraction of sp³-hybridized carbons (Fsp3) is 0.240. The van der Waals surface area contributed by atoms with Crippen molar-refractivity contribution in [3.05, 3.63) is 89.6 Å². The van der Waals surface area contributed by atoms with E-state index >= 15 is 0 Å². The van der Waals surface area contributed by atoms with Gasteiger partial charge in [-0.2, -0.15) is 0 Å². The molecule has 1 atom stereocenters. The SMILES string of the molecule is Cc1ccc(C(=O)N[C@@H](C(=O)N2CCN(C(=O)c3ccco3)CC2)S(=O)(=O)c2ccc(F)cc2)cc1. The molecule has 1 fully saturated rings. The van der Waals surface area contributed by atoms with E-state index < -0.39 is 32.8 Å². The summed E-state index contributed by atoms with van der Waals surface area (Å²) in [6.07, 6.45) is 1.38. The molecular formula is C25H24FN3O6S. The second kappa shape index (κ2) is 10.3. The molecule has 1 aliphatic rings. The molecule has 3 amide bonds. The van der Waals surface area contributed by atoms with Gasteiger partial charge in [-0.1, -0.05) is 17.7 Å². The maximum Gasteiger partial charge on any atom is 0.289 e. The van der Waals surface area contributed by atoms with Crippen molar-refractivity contribution in [3.8, 4) is 0 Å². The number of amides is 3. The highest BCUT2D eigenvalue weighted by Crippen LogP contribution is 2.19. The first-order chi connectivity index (χ1) is 17.2. The van der Waals surface area contributed by atoms with Crippen LogP contribution in [0.5, 0.6) is 0 Å². The summed E-state index contributed by atoms with van der Waals surface area (Å²) in [5.74, 6) is -2.40. The van der Waals surface area contributed by atoms with Gasteiger partial charge in [-0.15, -0.1) is 0 Å². The van der Waals surface area contributed by atoms with E-state index in [1.165, 1.54) is 34.3 Å². The highest BCUT2D eigenvalue weighted by Gasteiger charge is 2.39. The zero-order chi connectivity index (χ0) is 25.9. The van der Waals surface area contributed by atoms with Gasteiger partial charge in [0.1, 0.15) is 5.82 Å². The standard InChI is InChI=1S/C25H24FN3O6S/c1-17-4-6-18(7-5-17)22(30)27-23(36(33,34)20-10-8-19(26)9-11-20)25(32)29-14-12-28(13-15-29)24(31)21-3-2-16-35-21/h2-11,16,23H,12-15H2,1H3,(H,27,30)/t23-/m1/s1. The third kappa shape index (κ3) is 5.30. The third-order valence-corrected chi connectivity index (χ3v) is 7.73. The minimum absolute atomic E-state index is 0.0567. The Morgan fingerprint density at radius 3 is 2.11 bits per heavy atom. The highest BCUT2D eigenvalue weighted by molar-refractivity contribution is 7.92. The third-order valence-electron chi connectivity index (χ3n) is 5.86. The molecule has 3 aromatic rings. The molecule has 0 spiro atoms. The quantitative estimate of drug-likeness (QED) is 0.506. The fourth-order valence-electron chi connectivity index (χ4n) is 3.79. The molecule has 1 aliphatic heterocycles. The molecule has 11 heteroatoms. The van der Waals surface area contributed by atoms with E-state index in [2.05, 4.69) is 5.32 Å². The van der Waals surface area contributed by atoms with Gasteiger partial charge in [0.2, 0.25) is 15.2 Å². The molecule has 1 saturated heterocycles. The molecule has 188 valence electrons. The smallest absolute Gasteiger partial charge is 0.289 e. The van der Waals surface area contributed by atoms with Crippen LogP contribution < -0.4 is 5.32 Å². The molecule has 4 rings (SSSR count). The minimum Gasteiger partial charge on any atom is -0.459 e. The molecule has 0 radical (unpaired) electrons. The minimum atomic E-state index is -4.43. The lowest BCUT2D eigenvalue weighted by molar-refractivity contribution is -0.132. The predicted molar refractivity (Wildman–Crippen MR) is 127 cm³/mol. The van der Waals surface area contributed by atoms with Crippen LogP contribution in [0.1, 0.15) is 26.5 Å². The Morgan fingerprint density at radius 1 is 0.917 bits per heavy atom. The predicted octanol–water partition coefficient (Wildman–Crippen LogP) is 2.24. The monoisotopic (exact) mass is 513 g/mol. The Labute approximate surface area is 207 Å². The van der Waals surface area contributed by atoms with Crippen molar-refractivity contribution in [3.63, 3.8) is 0 Å². The maximum absolute atomic E-state index is 13.4. The lowest BCUT2D eigenvalue weighted by Crippen LogP contribution is -2.57. The zero-order valence-corrected chi connectivity index (χ0v) is 20.2. The molecule has 1 N–H and O–H groups in total. The normalized spacial score (nSPS) is 14.8. The van der Waals surface area contributed by atoms with E-state index in [0.29, 0.717) is 0 Å². The summed E-state index contributed by atoms with van der Waals surface area (Å²) in [6.45, 7) is 2.26. The molecular weight excluding hydrogens is 489 g/mol. The zero-order valence-electron chi connectivity index (χ0n) is 19.4. The molecule has 0 bridgehead atoms. The van der Waals surface area contributed by atoms with Crippen molar-refractivity contribution >= 4 is 27.6 Å². The molecule has 9 nitrogen and oxygen atoms in total. The van der Waals surface area contributed by atoms with E-state index in [4.69, 9.17) is 4.42 Å². The van der Waals surface area contributed by atoms with E-state index in [1.54, 1.807) is 18.2 Å². The molecule has 36 heavy (non-hydrogen) atoms. The molecule has 0 saturated carbocycles. The first-order valence-electron chi connectivity index (χ1n) is 11.2. The topological polar surface area (TPSA) is 117 Å². The molecule has 1 aromatic heterocycles. The average Bonchev–Trinajstić information content (AvgIpc) is 3.42. The van der Waals surface area contributed by atoms with Gasteiger partial charge >= 0.3 is 0 Å². The van der Waals surface area contributed by atoms with Crippen molar-refractivity contribution in [2.24, 2.45) is 0 Å². The second-order valence-electron chi connectivity index (χ2n) is 8.31. The summed E-state index contributed by atoms with van der Waals surface area (Å²) >= 11 is 0. The molecule has 2 aromatic carbocycles. The van der Waals surface area contributed by atoms with Crippen molar-refractivity contribution in [2.75, 3.05) is 26.2 Å². The average molecular weight is 514 g/mol. The molecule has 2 heterocycles. The van der Waals surface area contributed by atoms with Crippen molar-refractivity contribution in [1.82, 2.24) is 15.1 Å². The summed E-state index contributed by atoms with van der Waals surface area (Å²) in [5, 5.41) is 0.412. The van der Waals surface area contributed by atoms with Gasteiger partial charge in [-0.25, -0.2) is 12.8 Å². The van der Waals surface area contributed by atoms with Crippen molar-refractivity contribution in [2.45, 2.75) is 17.2 Å². The number of benzene rings is 2. The van der Waals surface area contributed by atoms with Gasteiger partial charge in [-0.3, -0.25) is 14.4 Å². The molecule has 0 aliphatic carbocycles. The Morgan fingerprint density at radius 2 is 1.53 bits per heavy atom. The van der Waals surface area contributed by atoms with E-state index in [9.17, 15) is 27.2 Å². The summed E-state index contributed by atoms with van der Waals surface area (Å²) in [5.41, 5.74) is 1.08. The second-order valence-corrected chi connectivity index (χ2v) is 10.3. The Hall–Kier alpha value is -3.99. The number of sulfone groups is 1. The van der Waals surface area contributed by atoms with Crippen LogP contribution in [0.15, 0.2) is 76.2 Å². The van der Waals surface area contributed by atoms with Crippen LogP contribution in [0.4, 0.5) is 4.39 Å². The number of aryl methyl sites for hydroxylation is 1. The number of nitrogens with zero attached hydrogens (tertiary/aromatic N) is 2. The number of hydrogen-bond donors (Lipinski definition) is 1. The number of piperazine rings is 1. The molecule has 0 unspecified atom stereocenters. The van der Waals surface area contributed by atoms with Gasteiger partial charge in [0, 0.05) is 31.7 Å². The van der Waals surface area contributed by atoms with Gasteiger partial charge in [0.25, 0.3) is 17.7 Å². The van der Waals surface area contributed by atoms with E-state index in [0.717, 1.165) is 29.8 Å². The Kier molecular flexibility index (Phi) is 7.20. The van der Waals surface area contributed by atoms with Crippen LogP contribution in [0.2, 0.25) is 0 Å². The van der Waals surface area contributed by atoms with Crippen LogP contribution >= 0.6 is 0 Å².